The molecule has 1 aliphatic rings. The Bertz CT molecular complexity index is 779. The van der Waals surface area contributed by atoms with Gasteiger partial charge in [-0.15, -0.1) is 0 Å². The molecule has 0 saturated carbocycles. The maximum absolute atomic E-state index is 11.8. The summed E-state index contributed by atoms with van der Waals surface area (Å²) in [6.07, 6.45) is 2.93. The number of hydrogen-bond donors (Lipinski definition) is 1. The van der Waals surface area contributed by atoms with Gasteiger partial charge in [0, 0.05) is 23.1 Å². The number of unbranched alkanes of at least 4 members (excludes halogenated alkanes) is 1. The molecule has 128 valence electrons. The van der Waals surface area contributed by atoms with E-state index in [4.69, 9.17) is 21.1 Å². The van der Waals surface area contributed by atoms with E-state index in [1.165, 1.54) is 11.8 Å². The van der Waals surface area contributed by atoms with Crippen molar-refractivity contribution in [1.29, 1.82) is 0 Å². The minimum atomic E-state index is -0.108. The Hall–Kier alpha value is -1.50. The maximum Gasteiger partial charge on any atom is 0.251 e. The largest absolute Gasteiger partial charge is 0.466 e. The Balaban J connectivity index is 1.73. The van der Waals surface area contributed by atoms with Crippen LogP contribution in [0.1, 0.15) is 36.6 Å². The summed E-state index contributed by atoms with van der Waals surface area (Å²) in [6, 6.07) is 5.48. The van der Waals surface area contributed by atoms with Crippen LogP contribution in [0.2, 0.25) is 5.02 Å². The number of halogens is 1. The lowest BCUT2D eigenvalue weighted by Gasteiger charge is -2.19. The maximum atomic E-state index is 11.8. The molecule has 0 atom stereocenters. The zero-order chi connectivity index (χ0) is 16.9. The molecule has 1 aromatic heterocycles. The molecule has 5 nitrogen and oxygen atoms in total. The Morgan fingerprint density at radius 3 is 3.08 bits per heavy atom. The second-order valence-corrected chi connectivity index (χ2v) is 6.98. The van der Waals surface area contributed by atoms with Gasteiger partial charge in [-0.1, -0.05) is 36.7 Å². The van der Waals surface area contributed by atoms with Crippen molar-refractivity contribution in [2.24, 2.45) is 0 Å². The molecule has 7 heteroatoms. The van der Waals surface area contributed by atoms with Gasteiger partial charge in [0.15, 0.2) is 11.9 Å². The highest BCUT2D eigenvalue weighted by atomic mass is 35.5. The predicted molar refractivity (Wildman–Crippen MR) is 94.8 cm³/mol. The highest BCUT2D eigenvalue weighted by Gasteiger charge is 2.16. The second-order valence-electron chi connectivity index (χ2n) is 5.61. The number of rotatable bonds is 6. The number of benzene rings is 1. The molecule has 1 N–H and O–H groups in total. The van der Waals surface area contributed by atoms with E-state index in [1.807, 2.05) is 12.1 Å². The van der Waals surface area contributed by atoms with Crippen LogP contribution in [0.3, 0.4) is 0 Å². The summed E-state index contributed by atoms with van der Waals surface area (Å²) in [7, 11) is 0. The average molecular weight is 367 g/mol. The number of nitrogens with zero attached hydrogens (tertiary/aromatic N) is 1. The van der Waals surface area contributed by atoms with E-state index in [9.17, 15) is 4.79 Å². The molecule has 0 saturated heterocycles. The number of ether oxygens (including phenoxy) is 2. The first-order valence-corrected chi connectivity index (χ1v) is 9.27. The molecule has 1 aromatic carbocycles. The molecule has 1 aliphatic heterocycles. The van der Waals surface area contributed by atoms with E-state index in [0.29, 0.717) is 28.3 Å². The molecule has 2 heterocycles. The van der Waals surface area contributed by atoms with Gasteiger partial charge >= 0.3 is 0 Å². The van der Waals surface area contributed by atoms with Crippen LogP contribution in [0.5, 0.6) is 5.75 Å². The van der Waals surface area contributed by atoms with Crippen molar-refractivity contribution in [2.75, 3.05) is 6.79 Å². The van der Waals surface area contributed by atoms with Crippen LogP contribution in [-0.2, 0) is 23.5 Å². The molecule has 0 radical (unpaired) electrons. The Morgan fingerprint density at radius 2 is 2.25 bits per heavy atom. The fraction of sp³-hybridized carbons (Fsp3) is 0.412. The summed E-state index contributed by atoms with van der Waals surface area (Å²) >= 11 is 7.76. The molecule has 3 rings (SSSR count). The van der Waals surface area contributed by atoms with Gasteiger partial charge in [0.25, 0.3) is 5.56 Å². The number of H-pyrrole nitrogens is 1. The van der Waals surface area contributed by atoms with E-state index in [2.05, 4.69) is 16.9 Å². The molecule has 0 bridgehead atoms. The fourth-order valence-electron chi connectivity index (χ4n) is 2.51. The number of aryl methyl sites for hydroxylation is 1. The Morgan fingerprint density at radius 1 is 1.38 bits per heavy atom. The average Bonchev–Trinajstić information content (AvgIpc) is 2.58. The molecule has 0 fully saturated rings. The zero-order valence-electron chi connectivity index (χ0n) is 13.4. The van der Waals surface area contributed by atoms with E-state index in [-0.39, 0.29) is 12.4 Å². The number of fused-ring (bicyclic) bond motifs is 1. The third-order valence-electron chi connectivity index (χ3n) is 3.66. The lowest BCUT2D eigenvalue weighted by molar-refractivity contribution is -0.0163. The quantitative estimate of drug-likeness (QED) is 0.620. The minimum Gasteiger partial charge on any atom is -0.466 e. The van der Waals surface area contributed by atoms with E-state index < -0.39 is 0 Å². The first kappa shape index (κ1) is 17.3. The molecule has 0 amide bonds. The first-order valence-electron chi connectivity index (χ1n) is 7.90. The van der Waals surface area contributed by atoms with Crippen LogP contribution in [0, 0.1) is 0 Å². The van der Waals surface area contributed by atoms with Crippen LogP contribution in [0.4, 0.5) is 0 Å². The van der Waals surface area contributed by atoms with E-state index in [0.717, 1.165) is 36.1 Å². The second kappa shape index (κ2) is 8.05. The number of aromatic nitrogens is 2. The van der Waals surface area contributed by atoms with Crippen LogP contribution < -0.4 is 10.3 Å². The van der Waals surface area contributed by atoms with Crippen molar-refractivity contribution in [3.05, 3.63) is 50.4 Å². The van der Waals surface area contributed by atoms with Gasteiger partial charge in [0.1, 0.15) is 5.75 Å². The van der Waals surface area contributed by atoms with Gasteiger partial charge in [-0.05, 0) is 30.5 Å². The van der Waals surface area contributed by atoms with Gasteiger partial charge < -0.3 is 14.5 Å². The van der Waals surface area contributed by atoms with Crippen LogP contribution in [0.25, 0.3) is 0 Å². The molecular formula is C17H19ClN2O3S. The minimum absolute atomic E-state index is 0.108. The monoisotopic (exact) mass is 366 g/mol. The third kappa shape index (κ3) is 4.32. The van der Waals surface area contributed by atoms with Crippen LogP contribution >= 0.6 is 23.4 Å². The van der Waals surface area contributed by atoms with Crippen molar-refractivity contribution >= 4 is 23.4 Å². The number of thioether (sulfide) groups is 1. The predicted octanol–water partition coefficient (Wildman–Crippen LogP) is 3.92. The summed E-state index contributed by atoms with van der Waals surface area (Å²) in [5.41, 5.74) is 2.72. The van der Waals surface area contributed by atoms with Gasteiger partial charge in [-0.2, -0.15) is 0 Å². The van der Waals surface area contributed by atoms with Crippen molar-refractivity contribution < 1.29 is 9.47 Å². The van der Waals surface area contributed by atoms with Crippen molar-refractivity contribution in [1.82, 2.24) is 9.97 Å². The van der Waals surface area contributed by atoms with Crippen molar-refractivity contribution in [3.8, 4) is 5.75 Å². The molecule has 0 spiro atoms. The summed E-state index contributed by atoms with van der Waals surface area (Å²) in [6.45, 7) is 2.85. The zero-order valence-corrected chi connectivity index (χ0v) is 15.0. The summed E-state index contributed by atoms with van der Waals surface area (Å²) in [5, 5.41) is 1.22. The topological polar surface area (TPSA) is 64.2 Å². The summed E-state index contributed by atoms with van der Waals surface area (Å²) in [5.74, 6) is 1.36. The summed E-state index contributed by atoms with van der Waals surface area (Å²) < 4.78 is 10.7. The smallest absolute Gasteiger partial charge is 0.251 e. The van der Waals surface area contributed by atoms with Crippen LogP contribution in [0.15, 0.2) is 28.2 Å². The Labute approximate surface area is 149 Å². The van der Waals surface area contributed by atoms with E-state index >= 15 is 0 Å². The normalized spacial score (nSPS) is 13.4. The van der Waals surface area contributed by atoms with Gasteiger partial charge in [-0.25, -0.2) is 4.98 Å². The van der Waals surface area contributed by atoms with Crippen LogP contribution in [-0.4, -0.2) is 16.8 Å². The SMILES string of the molecule is CCCCc1cc(=O)[nH]c(SCc2cc(Cl)c3c(c2)COCO3)n1. The number of nitrogens with one attached hydrogen (secondary N) is 1. The number of hydrogen-bond acceptors (Lipinski definition) is 5. The lowest BCUT2D eigenvalue weighted by atomic mass is 10.1. The molecular weight excluding hydrogens is 348 g/mol. The summed E-state index contributed by atoms with van der Waals surface area (Å²) in [4.78, 5) is 19.1. The Kier molecular flexibility index (Phi) is 5.81. The lowest BCUT2D eigenvalue weighted by Crippen LogP contribution is -2.12. The molecule has 0 aliphatic carbocycles. The highest BCUT2D eigenvalue weighted by Crippen LogP contribution is 2.34. The third-order valence-corrected chi connectivity index (χ3v) is 4.88. The molecule has 0 unspecified atom stereocenters. The number of aromatic amines is 1. The molecule has 2 aromatic rings. The van der Waals surface area contributed by atoms with Crippen molar-refractivity contribution in [3.63, 3.8) is 0 Å². The highest BCUT2D eigenvalue weighted by molar-refractivity contribution is 7.98. The molecule has 24 heavy (non-hydrogen) atoms. The van der Waals surface area contributed by atoms with Gasteiger partial charge in [-0.3, -0.25) is 4.79 Å². The van der Waals surface area contributed by atoms with Gasteiger partial charge in [0.05, 0.1) is 11.6 Å². The first-order chi connectivity index (χ1) is 11.7. The van der Waals surface area contributed by atoms with Gasteiger partial charge in [0.2, 0.25) is 0 Å². The van der Waals surface area contributed by atoms with E-state index in [1.54, 1.807) is 6.07 Å². The fourth-order valence-corrected chi connectivity index (χ4v) is 3.65. The standard InChI is InChI=1S/C17H19ClN2O3S/c1-2-3-4-13-7-15(21)20-17(19-13)24-9-11-5-12-8-22-10-23-16(12)14(18)6-11/h5-7H,2-4,8-10H2,1H3,(H,19,20,21). The van der Waals surface area contributed by atoms with Crippen molar-refractivity contribution in [2.45, 2.75) is 43.7 Å².